The maximum Gasteiger partial charge on any atom is 0.253 e. The highest BCUT2D eigenvalue weighted by Gasteiger charge is 2.24. The topological polar surface area (TPSA) is 77.7 Å². The van der Waals surface area contributed by atoms with Gasteiger partial charge in [-0.1, -0.05) is 29.8 Å². The van der Waals surface area contributed by atoms with Gasteiger partial charge in [0.05, 0.1) is 6.54 Å². The van der Waals surface area contributed by atoms with Crippen LogP contribution in [0.4, 0.5) is 0 Å². The van der Waals surface area contributed by atoms with Crippen molar-refractivity contribution < 1.29 is 18.7 Å². The summed E-state index contributed by atoms with van der Waals surface area (Å²) in [5.74, 6) is 2.19. The van der Waals surface area contributed by atoms with Crippen LogP contribution in [0.2, 0.25) is 0 Å². The predicted molar refractivity (Wildman–Crippen MR) is 123 cm³/mol. The number of fused-ring (bicyclic) bond motifs is 1. The van der Waals surface area contributed by atoms with Gasteiger partial charge in [0.1, 0.15) is 6.61 Å². The molecule has 1 atom stereocenters. The van der Waals surface area contributed by atoms with E-state index >= 15 is 0 Å². The number of ether oxygens (including phenoxy) is 2. The van der Waals surface area contributed by atoms with E-state index in [-0.39, 0.29) is 12.0 Å². The number of hydrogen-bond donors (Lipinski definition) is 0. The molecule has 2 heterocycles. The molecule has 0 spiro atoms. The quantitative estimate of drug-likeness (QED) is 0.450. The van der Waals surface area contributed by atoms with Gasteiger partial charge < -0.3 is 18.8 Å². The first kappa shape index (κ1) is 20.8. The molecule has 5 rings (SSSR count). The van der Waals surface area contributed by atoms with Gasteiger partial charge in [-0.3, -0.25) is 4.79 Å². The van der Waals surface area contributed by atoms with Crippen LogP contribution in [-0.4, -0.2) is 47.3 Å². The van der Waals surface area contributed by atoms with Crippen LogP contribution in [0.15, 0.2) is 77.2 Å². The molecule has 0 fully saturated rings. The summed E-state index contributed by atoms with van der Waals surface area (Å²) >= 11 is 0. The number of carbonyl (C=O) groups excluding carboxylic acids is 1. The lowest BCUT2D eigenvalue weighted by Gasteiger charge is -2.29. The Bertz CT molecular complexity index is 1280. The second kappa shape index (κ2) is 8.78. The number of amides is 1. The summed E-state index contributed by atoms with van der Waals surface area (Å²) in [6, 6.07) is 22.6. The van der Waals surface area contributed by atoms with Crippen LogP contribution >= 0.6 is 0 Å². The minimum Gasteiger partial charge on any atom is -0.486 e. The van der Waals surface area contributed by atoms with E-state index in [1.165, 1.54) is 0 Å². The molecule has 0 saturated heterocycles. The normalized spacial score (nSPS) is 14.7. The molecule has 0 N–H and O–H groups in total. The van der Waals surface area contributed by atoms with E-state index in [9.17, 15) is 4.79 Å². The lowest BCUT2D eigenvalue weighted by atomic mass is 10.1. The Morgan fingerprint density at radius 3 is 2.42 bits per heavy atom. The van der Waals surface area contributed by atoms with Crippen molar-refractivity contribution in [3.05, 3.63) is 83.9 Å². The molecule has 4 aromatic rings. The first-order valence-electron chi connectivity index (χ1n) is 10.7. The summed E-state index contributed by atoms with van der Waals surface area (Å²) in [5, 5.41) is 8.31. The van der Waals surface area contributed by atoms with E-state index in [1.54, 1.807) is 24.1 Å². The molecule has 7 nitrogen and oxygen atoms in total. The van der Waals surface area contributed by atoms with Crippen molar-refractivity contribution in [2.24, 2.45) is 0 Å². The minimum atomic E-state index is -0.230. The van der Waals surface area contributed by atoms with E-state index < -0.39 is 0 Å². The Hall–Kier alpha value is -4.13. The fraction of sp³-hybridized carbons (Fsp3) is 0.192. The minimum absolute atomic E-state index is 0.102. The number of likely N-dealkylation sites (N-methyl/N-ethyl adjacent to an activating group) is 1. The van der Waals surface area contributed by atoms with Gasteiger partial charge in [0.2, 0.25) is 11.8 Å². The highest BCUT2D eigenvalue weighted by atomic mass is 16.6. The number of benzene rings is 3. The van der Waals surface area contributed by atoms with Crippen molar-refractivity contribution >= 4 is 5.91 Å². The number of nitrogens with zero attached hydrogens (tertiary/aromatic N) is 3. The Kier molecular flexibility index (Phi) is 5.52. The third kappa shape index (κ3) is 4.43. The Morgan fingerprint density at radius 2 is 1.67 bits per heavy atom. The van der Waals surface area contributed by atoms with Gasteiger partial charge in [-0.2, -0.15) is 0 Å². The summed E-state index contributed by atoms with van der Waals surface area (Å²) in [5.41, 5.74) is 3.31. The second-order valence-corrected chi connectivity index (χ2v) is 8.04. The summed E-state index contributed by atoms with van der Waals surface area (Å²) in [6.45, 7) is 2.83. The van der Waals surface area contributed by atoms with Crippen molar-refractivity contribution in [3.8, 4) is 34.4 Å². The molecule has 1 aliphatic heterocycles. The van der Waals surface area contributed by atoms with E-state index in [1.807, 2.05) is 67.6 Å². The van der Waals surface area contributed by atoms with Gasteiger partial charge in [0.25, 0.3) is 5.91 Å². The van der Waals surface area contributed by atoms with Gasteiger partial charge in [-0.25, -0.2) is 0 Å². The van der Waals surface area contributed by atoms with Crippen LogP contribution in [0.5, 0.6) is 11.5 Å². The largest absolute Gasteiger partial charge is 0.486 e. The van der Waals surface area contributed by atoms with Gasteiger partial charge in [0.15, 0.2) is 17.6 Å². The molecule has 33 heavy (non-hydrogen) atoms. The molecule has 1 aromatic heterocycles. The van der Waals surface area contributed by atoms with Gasteiger partial charge in [0, 0.05) is 23.7 Å². The number of rotatable bonds is 5. The Balaban J connectivity index is 1.24. The highest BCUT2D eigenvalue weighted by Crippen LogP contribution is 2.31. The fourth-order valence-corrected chi connectivity index (χ4v) is 3.75. The van der Waals surface area contributed by atoms with E-state index in [0.717, 1.165) is 22.4 Å². The summed E-state index contributed by atoms with van der Waals surface area (Å²) in [7, 11) is 1.76. The number of hydrogen-bond acceptors (Lipinski definition) is 6. The van der Waals surface area contributed by atoms with Gasteiger partial charge >= 0.3 is 0 Å². The molecular formula is C26H23N3O4. The molecule has 166 valence electrons. The molecule has 0 bridgehead atoms. The molecule has 1 amide bonds. The smallest absolute Gasteiger partial charge is 0.253 e. The van der Waals surface area contributed by atoms with Gasteiger partial charge in [-0.15, -0.1) is 10.2 Å². The third-order valence-electron chi connectivity index (χ3n) is 5.46. The molecule has 0 saturated carbocycles. The monoisotopic (exact) mass is 441 g/mol. The van der Waals surface area contributed by atoms with E-state index in [0.29, 0.717) is 36.2 Å². The summed E-state index contributed by atoms with van der Waals surface area (Å²) < 4.78 is 17.5. The zero-order chi connectivity index (χ0) is 22.8. The molecule has 7 heteroatoms. The van der Waals surface area contributed by atoms with Crippen molar-refractivity contribution in [1.29, 1.82) is 0 Å². The van der Waals surface area contributed by atoms with Crippen molar-refractivity contribution in [1.82, 2.24) is 15.1 Å². The molecule has 0 aliphatic carbocycles. The first-order valence-corrected chi connectivity index (χ1v) is 10.7. The lowest BCUT2D eigenvalue weighted by Crippen LogP contribution is -2.41. The number of carbonyl (C=O) groups is 1. The van der Waals surface area contributed by atoms with Crippen LogP contribution in [0.3, 0.4) is 0 Å². The summed E-state index contributed by atoms with van der Waals surface area (Å²) in [6.07, 6.45) is -0.230. The standard InChI is InChI=1S/C26H23N3O4/c1-17-6-5-7-20(14-17)25-28-27-24(33-25)18-10-12-19(13-11-18)26(30)29(2)15-21-16-31-22-8-3-4-9-23(22)32-21/h3-14,21H,15-16H2,1-2H3/t21-/m0/s1. The van der Waals surface area contributed by atoms with Gasteiger partial charge in [-0.05, 0) is 55.5 Å². The Morgan fingerprint density at radius 1 is 0.939 bits per heavy atom. The number of aromatic nitrogens is 2. The molecule has 0 radical (unpaired) electrons. The van der Waals surface area contributed by atoms with Crippen LogP contribution in [0.1, 0.15) is 15.9 Å². The van der Waals surface area contributed by atoms with Crippen molar-refractivity contribution in [3.63, 3.8) is 0 Å². The average Bonchev–Trinajstić information content (AvgIpc) is 3.34. The number of para-hydroxylation sites is 2. The van der Waals surface area contributed by atoms with Crippen LogP contribution in [0.25, 0.3) is 22.9 Å². The molecule has 1 aliphatic rings. The van der Waals surface area contributed by atoms with Crippen LogP contribution < -0.4 is 9.47 Å². The molecule has 3 aromatic carbocycles. The fourth-order valence-electron chi connectivity index (χ4n) is 3.75. The lowest BCUT2D eigenvalue weighted by molar-refractivity contribution is 0.0521. The van der Waals surface area contributed by atoms with E-state index in [2.05, 4.69) is 10.2 Å². The van der Waals surface area contributed by atoms with Crippen LogP contribution in [-0.2, 0) is 0 Å². The highest BCUT2D eigenvalue weighted by molar-refractivity contribution is 5.94. The third-order valence-corrected chi connectivity index (χ3v) is 5.46. The molecular weight excluding hydrogens is 418 g/mol. The predicted octanol–water partition coefficient (Wildman–Crippen LogP) is 4.62. The van der Waals surface area contributed by atoms with Crippen molar-refractivity contribution in [2.75, 3.05) is 20.2 Å². The first-order chi connectivity index (χ1) is 16.1. The zero-order valence-corrected chi connectivity index (χ0v) is 18.4. The van der Waals surface area contributed by atoms with Crippen molar-refractivity contribution in [2.45, 2.75) is 13.0 Å². The zero-order valence-electron chi connectivity index (χ0n) is 18.4. The maximum absolute atomic E-state index is 12.9. The molecule has 0 unspecified atom stereocenters. The second-order valence-electron chi connectivity index (χ2n) is 8.04. The average molecular weight is 441 g/mol. The SMILES string of the molecule is Cc1cccc(-c2nnc(-c3ccc(C(=O)N(C)C[C@H]4COc5ccccc5O4)cc3)o2)c1. The van der Waals surface area contributed by atoms with E-state index in [4.69, 9.17) is 13.9 Å². The maximum atomic E-state index is 12.9. The van der Waals surface area contributed by atoms with Crippen LogP contribution in [0, 0.1) is 6.92 Å². The number of aryl methyl sites for hydroxylation is 1. The Labute approximate surface area is 191 Å². The summed E-state index contributed by atoms with van der Waals surface area (Å²) in [4.78, 5) is 14.5.